The number of aromatic nitrogens is 2. The third-order valence-electron chi connectivity index (χ3n) is 3.01. The summed E-state index contributed by atoms with van der Waals surface area (Å²) in [4.78, 5) is 24.2. The molecular formula is C10H14FN3O5. The van der Waals surface area contributed by atoms with Gasteiger partial charge in [0.05, 0.1) is 12.8 Å². The van der Waals surface area contributed by atoms with Crippen molar-refractivity contribution >= 4 is 0 Å². The molecule has 2 heterocycles. The van der Waals surface area contributed by atoms with Crippen molar-refractivity contribution in [2.24, 2.45) is 5.73 Å². The van der Waals surface area contributed by atoms with Crippen molar-refractivity contribution in [3.05, 3.63) is 32.9 Å². The van der Waals surface area contributed by atoms with E-state index < -0.39 is 48.2 Å². The zero-order valence-corrected chi connectivity index (χ0v) is 9.82. The molecule has 0 saturated carbocycles. The molecule has 8 nitrogen and oxygen atoms in total. The van der Waals surface area contributed by atoms with Crippen LogP contribution in [0.1, 0.15) is 12.6 Å². The zero-order chi connectivity index (χ0) is 14.2. The number of aliphatic hydroxyl groups excluding tert-OH is 2. The van der Waals surface area contributed by atoms with E-state index in [1.165, 1.54) is 0 Å². The molecule has 0 aliphatic carbocycles. The van der Waals surface area contributed by atoms with Crippen molar-refractivity contribution in [2.45, 2.75) is 30.9 Å². The molecule has 106 valence electrons. The molecule has 4 atom stereocenters. The van der Waals surface area contributed by atoms with Gasteiger partial charge in [0.1, 0.15) is 18.4 Å². The lowest BCUT2D eigenvalue weighted by molar-refractivity contribution is -0.0783. The Morgan fingerprint density at radius 2 is 2.32 bits per heavy atom. The van der Waals surface area contributed by atoms with E-state index in [9.17, 15) is 19.1 Å². The second kappa shape index (κ2) is 5.21. The van der Waals surface area contributed by atoms with Gasteiger partial charge in [0, 0.05) is 12.5 Å². The average molecular weight is 275 g/mol. The van der Waals surface area contributed by atoms with Crippen molar-refractivity contribution in [3.8, 4) is 0 Å². The number of nitrogens with zero attached hydrogens (tertiary/aromatic N) is 1. The van der Waals surface area contributed by atoms with Gasteiger partial charge in [-0.25, -0.2) is 4.79 Å². The fourth-order valence-corrected chi connectivity index (χ4v) is 2.04. The number of halogens is 1. The van der Waals surface area contributed by atoms with Crippen LogP contribution in [0.5, 0.6) is 0 Å². The summed E-state index contributed by atoms with van der Waals surface area (Å²) in [5.74, 6) is -1.12. The molecule has 1 aromatic rings. The molecule has 9 heteroatoms. The molecule has 19 heavy (non-hydrogen) atoms. The first-order chi connectivity index (χ1) is 8.93. The van der Waals surface area contributed by atoms with Crippen LogP contribution in [-0.4, -0.2) is 44.6 Å². The van der Waals surface area contributed by atoms with E-state index in [2.05, 4.69) is 0 Å². The Morgan fingerprint density at radius 3 is 2.95 bits per heavy atom. The highest BCUT2D eigenvalue weighted by molar-refractivity contribution is 4.93. The summed E-state index contributed by atoms with van der Waals surface area (Å²) in [6.07, 6.45) is -2.08. The van der Waals surface area contributed by atoms with Gasteiger partial charge in [-0.2, -0.15) is 4.39 Å². The normalized spacial score (nSPS) is 28.5. The number of rotatable bonds is 3. The van der Waals surface area contributed by atoms with E-state index >= 15 is 0 Å². The summed E-state index contributed by atoms with van der Waals surface area (Å²) < 4.78 is 19.3. The summed E-state index contributed by atoms with van der Waals surface area (Å²) in [6.45, 7) is -0.542. The van der Waals surface area contributed by atoms with E-state index in [-0.39, 0.29) is 6.42 Å². The van der Waals surface area contributed by atoms with Crippen molar-refractivity contribution in [1.29, 1.82) is 0 Å². The average Bonchev–Trinajstić information content (AvgIpc) is 2.75. The number of aliphatic hydroxyl groups is 2. The number of nitrogens with two attached hydrogens (primary N) is 1. The lowest BCUT2D eigenvalue weighted by Crippen LogP contribution is -2.41. The van der Waals surface area contributed by atoms with Gasteiger partial charge >= 0.3 is 5.69 Å². The predicted octanol–water partition coefficient (Wildman–Crippen LogP) is -2.36. The maximum Gasteiger partial charge on any atom is 0.330 e. The van der Waals surface area contributed by atoms with Crippen LogP contribution in [0.4, 0.5) is 4.39 Å². The topological polar surface area (TPSA) is 131 Å². The number of H-pyrrole nitrogens is 1. The van der Waals surface area contributed by atoms with Crippen LogP contribution in [0.2, 0.25) is 0 Å². The predicted molar refractivity (Wildman–Crippen MR) is 60.9 cm³/mol. The molecule has 5 N–H and O–H groups in total. The molecule has 1 aliphatic heterocycles. The van der Waals surface area contributed by atoms with Crippen LogP contribution >= 0.6 is 0 Å². The van der Waals surface area contributed by atoms with E-state index in [1.54, 1.807) is 4.98 Å². The Kier molecular flexibility index (Phi) is 3.80. The zero-order valence-electron chi connectivity index (χ0n) is 9.82. The van der Waals surface area contributed by atoms with Gasteiger partial charge in [-0.3, -0.25) is 14.3 Å². The minimum atomic E-state index is -1.19. The third kappa shape index (κ3) is 2.59. The number of aromatic amines is 1. The summed E-state index contributed by atoms with van der Waals surface area (Å²) in [6, 6.07) is -0.617. The quantitative estimate of drug-likeness (QED) is 0.488. The molecule has 0 radical (unpaired) electrons. The summed E-state index contributed by atoms with van der Waals surface area (Å²) in [5, 5.41) is 18.3. The molecule has 0 spiro atoms. The molecule has 0 amide bonds. The molecular weight excluding hydrogens is 261 g/mol. The molecule has 1 aromatic heterocycles. The lowest BCUT2D eigenvalue weighted by atomic mass is 10.1. The summed E-state index contributed by atoms with van der Waals surface area (Å²) in [7, 11) is 0. The van der Waals surface area contributed by atoms with Gasteiger partial charge in [-0.15, -0.1) is 0 Å². The van der Waals surface area contributed by atoms with Crippen LogP contribution in [0.25, 0.3) is 0 Å². The second-order valence-corrected chi connectivity index (χ2v) is 4.35. The molecule has 1 saturated heterocycles. The molecule has 2 unspecified atom stereocenters. The first-order valence-electron chi connectivity index (χ1n) is 5.65. The van der Waals surface area contributed by atoms with Gasteiger partial charge in [0.15, 0.2) is 0 Å². The Morgan fingerprint density at radius 1 is 1.63 bits per heavy atom. The van der Waals surface area contributed by atoms with Crippen molar-refractivity contribution < 1.29 is 19.3 Å². The fourth-order valence-electron chi connectivity index (χ4n) is 2.04. The number of hydrogen-bond acceptors (Lipinski definition) is 6. The maximum absolute atomic E-state index is 13.2. The lowest BCUT2D eigenvalue weighted by Gasteiger charge is -2.20. The second-order valence-electron chi connectivity index (χ2n) is 4.35. The van der Waals surface area contributed by atoms with E-state index in [0.29, 0.717) is 0 Å². The number of hydrogen-bond donors (Lipinski definition) is 4. The third-order valence-corrected chi connectivity index (χ3v) is 3.01. The SMILES string of the molecule is NC1C[C@@H](n2cc(F)c(=O)[nH]c2=O)OC1[C@H](O)CO. The van der Waals surface area contributed by atoms with Crippen LogP contribution in [0, 0.1) is 5.82 Å². The monoisotopic (exact) mass is 275 g/mol. The molecule has 2 rings (SSSR count). The fraction of sp³-hybridized carbons (Fsp3) is 0.600. The first kappa shape index (κ1) is 13.9. The highest BCUT2D eigenvalue weighted by Gasteiger charge is 2.38. The van der Waals surface area contributed by atoms with Gasteiger partial charge in [-0.05, 0) is 0 Å². The smallest absolute Gasteiger partial charge is 0.330 e. The van der Waals surface area contributed by atoms with Gasteiger partial charge in [0.2, 0.25) is 5.82 Å². The Bertz CT molecular complexity index is 571. The summed E-state index contributed by atoms with van der Waals surface area (Å²) in [5.41, 5.74) is 3.78. The van der Waals surface area contributed by atoms with Gasteiger partial charge in [-0.1, -0.05) is 0 Å². The Labute approximate surface area is 106 Å². The number of ether oxygens (including phenoxy) is 1. The van der Waals surface area contributed by atoms with Crippen molar-refractivity contribution in [2.75, 3.05) is 6.61 Å². The highest BCUT2D eigenvalue weighted by Crippen LogP contribution is 2.28. The Balaban J connectivity index is 2.28. The summed E-state index contributed by atoms with van der Waals surface area (Å²) >= 11 is 0. The molecule has 0 aromatic carbocycles. The van der Waals surface area contributed by atoms with Crippen LogP contribution < -0.4 is 17.0 Å². The first-order valence-corrected chi connectivity index (χ1v) is 5.65. The van der Waals surface area contributed by atoms with Gasteiger partial charge < -0.3 is 20.7 Å². The van der Waals surface area contributed by atoms with E-state index in [4.69, 9.17) is 15.6 Å². The highest BCUT2D eigenvalue weighted by atomic mass is 19.1. The number of nitrogens with one attached hydrogen (secondary N) is 1. The standard InChI is InChI=1S/C10H14FN3O5/c11-4-2-14(10(18)13-9(4)17)7-1-5(12)8(19-7)6(16)3-15/h2,5-8,15-16H,1,3,12H2,(H,13,17,18)/t5?,6-,7+,8?/m1/s1. The van der Waals surface area contributed by atoms with Crippen LogP contribution in [-0.2, 0) is 4.74 Å². The van der Waals surface area contributed by atoms with Crippen LogP contribution in [0.15, 0.2) is 15.8 Å². The minimum Gasteiger partial charge on any atom is -0.394 e. The van der Waals surface area contributed by atoms with Crippen molar-refractivity contribution in [3.63, 3.8) is 0 Å². The largest absolute Gasteiger partial charge is 0.394 e. The molecule has 0 bridgehead atoms. The van der Waals surface area contributed by atoms with Crippen LogP contribution in [0.3, 0.4) is 0 Å². The molecule has 1 aliphatic rings. The van der Waals surface area contributed by atoms with Crippen molar-refractivity contribution in [1.82, 2.24) is 9.55 Å². The maximum atomic E-state index is 13.2. The minimum absolute atomic E-state index is 0.146. The van der Waals surface area contributed by atoms with E-state index in [0.717, 1.165) is 10.8 Å². The van der Waals surface area contributed by atoms with Gasteiger partial charge in [0.25, 0.3) is 5.56 Å². The van der Waals surface area contributed by atoms with E-state index in [1.807, 2.05) is 0 Å². The Hall–Kier alpha value is -1.55. The molecule has 1 fully saturated rings.